The van der Waals surface area contributed by atoms with Crippen LogP contribution in [0.2, 0.25) is 0 Å². The van der Waals surface area contributed by atoms with Gasteiger partial charge >= 0.3 is 0 Å². The summed E-state index contributed by atoms with van der Waals surface area (Å²) in [5, 5.41) is 3.05. The monoisotopic (exact) mass is 228 g/mol. The minimum absolute atomic E-state index is 0.0714. The quantitative estimate of drug-likeness (QED) is 0.797. The summed E-state index contributed by atoms with van der Waals surface area (Å²) < 4.78 is 39.7. The van der Waals surface area contributed by atoms with Gasteiger partial charge in [-0.3, -0.25) is 0 Å². The third-order valence-electron chi connectivity index (χ3n) is 2.56. The highest BCUT2D eigenvalue weighted by molar-refractivity contribution is 5.64. The fourth-order valence-electron chi connectivity index (χ4n) is 1.68. The number of aryl methyl sites for hydroxylation is 1. The zero-order chi connectivity index (χ0) is 11.7. The number of halogens is 3. The molecular formula is C11H11F3N2. The average Bonchev–Trinajstić information content (AvgIpc) is 2.32. The van der Waals surface area contributed by atoms with Gasteiger partial charge in [0.1, 0.15) is 5.69 Å². The van der Waals surface area contributed by atoms with Crippen molar-refractivity contribution < 1.29 is 13.2 Å². The molecule has 2 rings (SSSR count). The first kappa shape index (κ1) is 11.1. The molecule has 16 heavy (non-hydrogen) atoms. The lowest BCUT2D eigenvalue weighted by Crippen LogP contribution is -2.21. The van der Waals surface area contributed by atoms with Crippen LogP contribution in [-0.2, 0) is 0 Å². The molecule has 0 atom stereocenters. The number of aromatic nitrogens is 1. The third kappa shape index (κ3) is 1.82. The number of pyridine rings is 1. The van der Waals surface area contributed by atoms with Crippen LogP contribution in [0.5, 0.6) is 0 Å². The van der Waals surface area contributed by atoms with E-state index < -0.39 is 17.5 Å². The van der Waals surface area contributed by atoms with Gasteiger partial charge in [0, 0.05) is 6.54 Å². The molecular weight excluding hydrogens is 217 g/mol. The molecule has 0 spiro atoms. The van der Waals surface area contributed by atoms with Crippen LogP contribution in [0.3, 0.4) is 0 Å². The van der Waals surface area contributed by atoms with E-state index in [1.165, 1.54) is 6.92 Å². The maximum Gasteiger partial charge on any atom is 0.198 e. The van der Waals surface area contributed by atoms with Crippen LogP contribution in [0, 0.1) is 24.4 Å². The van der Waals surface area contributed by atoms with Crippen molar-refractivity contribution >= 4 is 5.57 Å². The van der Waals surface area contributed by atoms with Gasteiger partial charge in [0.2, 0.25) is 0 Å². The highest BCUT2D eigenvalue weighted by Gasteiger charge is 2.21. The Hall–Kier alpha value is -1.36. The van der Waals surface area contributed by atoms with Crippen molar-refractivity contribution in [3.05, 3.63) is 34.9 Å². The second-order valence-corrected chi connectivity index (χ2v) is 3.67. The Morgan fingerprint density at radius 3 is 2.56 bits per heavy atom. The normalized spacial score (nSPS) is 16.1. The largest absolute Gasteiger partial charge is 0.313 e. The first-order chi connectivity index (χ1) is 7.61. The van der Waals surface area contributed by atoms with Crippen molar-refractivity contribution in [2.75, 3.05) is 13.1 Å². The van der Waals surface area contributed by atoms with Crippen LogP contribution in [0.15, 0.2) is 6.08 Å². The van der Waals surface area contributed by atoms with E-state index in [0.29, 0.717) is 25.1 Å². The van der Waals surface area contributed by atoms with E-state index in [2.05, 4.69) is 10.3 Å². The smallest absolute Gasteiger partial charge is 0.198 e. The molecule has 1 aliphatic heterocycles. The molecule has 1 aromatic rings. The molecule has 2 heterocycles. The van der Waals surface area contributed by atoms with E-state index in [0.717, 1.165) is 0 Å². The number of nitrogens with zero attached hydrogens (tertiary/aromatic N) is 1. The maximum atomic E-state index is 13.5. The summed E-state index contributed by atoms with van der Waals surface area (Å²) in [7, 11) is 0. The summed E-state index contributed by atoms with van der Waals surface area (Å²) in [6, 6.07) is 0. The molecule has 0 saturated carbocycles. The van der Waals surface area contributed by atoms with Crippen LogP contribution in [-0.4, -0.2) is 18.1 Å². The Labute approximate surface area is 91.2 Å². The van der Waals surface area contributed by atoms with E-state index in [9.17, 15) is 13.2 Å². The molecule has 0 aliphatic carbocycles. The van der Waals surface area contributed by atoms with Gasteiger partial charge in [-0.2, -0.15) is 0 Å². The SMILES string of the molecule is Cc1nc(C2=CCNCC2)c(F)c(F)c1F. The van der Waals surface area contributed by atoms with Crippen LogP contribution in [0.25, 0.3) is 5.57 Å². The molecule has 0 radical (unpaired) electrons. The van der Waals surface area contributed by atoms with Gasteiger partial charge in [0.25, 0.3) is 0 Å². The zero-order valence-electron chi connectivity index (χ0n) is 8.78. The van der Waals surface area contributed by atoms with Gasteiger partial charge in [-0.05, 0) is 25.5 Å². The molecule has 0 saturated heterocycles. The van der Waals surface area contributed by atoms with Gasteiger partial charge < -0.3 is 5.32 Å². The van der Waals surface area contributed by atoms with Crippen molar-refractivity contribution in [2.24, 2.45) is 0 Å². The molecule has 0 bridgehead atoms. The lowest BCUT2D eigenvalue weighted by atomic mass is 10.0. The number of hydrogen-bond donors (Lipinski definition) is 1. The van der Waals surface area contributed by atoms with Crippen LogP contribution < -0.4 is 5.32 Å². The van der Waals surface area contributed by atoms with Crippen molar-refractivity contribution in [3.8, 4) is 0 Å². The van der Waals surface area contributed by atoms with Gasteiger partial charge in [-0.25, -0.2) is 18.2 Å². The second-order valence-electron chi connectivity index (χ2n) is 3.67. The molecule has 0 aromatic carbocycles. The minimum Gasteiger partial charge on any atom is -0.313 e. The Bertz CT molecular complexity index is 455. The second kappa shape index (κ2) is 4.25. The first-order valence-electron chi connectivity index (χ1n) is 5.02. The predicted molar refractivity (Wildman–Crippen MR) is 54.3 cm³/mol. The molecule has 1 aromatic heterocycles. The Balaban J connectivity index is 2.53. The van der Waals surface area contributed by atoms with E-state index in [4.69, 9.17) is 0 Å². The molecule has 86 valence electrons. The van der Waals surface area contributed by atoms with E-state index >= 15 is 0 Å². The molecule has 5 heteroatoms. The average molecular weight is 228 g/mol. The molecule has 1 N–H and O–H groups in total. The third-order valence-corrected chi connectivity index (χ3v) is 2.56. The van der Waals surface area contributed by atoms with Gasteiger partial charge in [-0.1, -0.05) is 6.08 Å². The summed E-state index contributed by atoms with van der Waals surface area (Å²) in [5.41, 5.74) is 0.435. The van der Waals surface area contributed by atoms with Crippen molar-refractivity contribution in [1.29, 1.82) is 0 Å². The first-order valence-corrected chi connectivity index (χ1v) is 5.02. The topological polar surface area (TPSA) is 24.9 Å². The fourth-order valence-corrected chi connectivity index (χ4v) is 1.68. The maximum absolute atomic E-state index is 13.5. The zero-order valence-corrected chi connectivity index (χ0v) is 8.78. The summed E-state index contributed by atoms with van der Waals surface area (Å²) in [4.78, 5) is 3.77. The van der Waals surface area contributed by atoms with Crippen molar-refractivity contribution in [1.82, 2.24) is 10.3 Å². The molecule has 0 fully saturated rings. The molecule has 1 aliphatic rings. The van der Waals surface area contributed by atoms with Gasteiger partial charge in [0.15, 0.2) is 17.5 Å². The van der Waals surface area contributed by atoms with Gasteiger partial charge in [-0.15, -0.1) is 0 Å². The molecule has 0 amide bonds. The molecule has 0 unspecified atom stereocenters. The highest BCUT2D eigenvalue weighted by Crippen LogP contribution is 2.24. The predicted octanol–water partition coefficient (Wildman–Crippen LogP) is 2.18. The Morgan fingerprint density at radius 2 is 1.94 bits per heavy atom. The van der Waals surface area contributed by atoms with E-state index in [1.807, 2.05) is 0 Å². The van der Waals surface area contributed by atoms with Crippen molar-refractivity contribution in [2.45, 2.75) is 13.3 Å². The number of hydrogen-bond acceptors (Lipinski definition) is 2. The Kier molecular flexibility index (Phi) is 2.96. The summed E-state index contributed by atoms with van der Waals surface area (Å²) in [5.74, 6) is -3.85. The Morgan fingerprint density at radius 1 is 1.19 bits per heavy atom. The summed E-state index contributed by atoms with van der Waals surface area (Å²) in [6.07, 6.45) is 2.31. The standard InChI is InChI=1S/C11H11F3N2/c1-6-8(12)9(13)10(14)11(16-6)7-2-4-15-5-3-7/h2,15H,3-5H2,1H3. The summed E-state index contributed by atoms with van der Waals surface area (Å²) in [6.45, 7) is 2.60. The van der Waals surface area contributed by atoms with E-state index in [-0.39, 0.29) is 11.4 Å². The van der Waals surface area contributed by atoms with Crippen molar-refractivity contribution in [3.63, 3.8) is 0 Å². The van der Waals surface area contributed by atoms with Crippen LogP contribution in [0.1, 0.15) is 17.8 Å². The number of rotatable bonds is 1. The van der Waals surface area contributed by atoms with Crippen LogP contribution in [0.4, 0.5) is 13.2 Å². The highest BCUT2D eigenvalue weighted by atomic mass is 19.2. The fraction of sp³-hybridized carbons (Fsp3) is 0.364. The summed E-state index contributed by atoms with van der Waals surface area (Å²) >= 11 is 0. The minimum atomic E-state index is -1.44. The van der Waals surface area contributed by atoms with Gasteiger partial charge in [0.05, 0.1) is 5.69 Å². The number of nitrogens with one attached hydrogen (secondary N) is 1. The van der Waals surface area contributed by atoms with Crippen LogP contribution >= 0.6 is 0 Å². The molecule has 2 nitrogen and oxygen atoms in total. The van der Waals surface area contributed by atoms with E-state index in [1.54, 1.807) is 6.08 Å². The lowest BCUT2D eigenvalue weighted by Gasteiger charge is -2.15. The lowest BCUT2D eigenvalue weighted by molar-refractivity contribution is 0.433.